The molecule has 0 heterocycles. The van der Waals surface area contributed by atoms with Crippen LogP contribution in [0, 0.1) is 0 Å². The molecule has 0 aromatic carbocycles. The number of rotatable bonds is 44. The molecule has 1 unspecified atom stereocenters. The maximum Gasteiger partial charge on any atom is 0.306 e. The van der Waals surface area contributed by atoms with E-state index in [4.69, 9.17) is 14.2 Å². The molecule has 0 radical (unpaired) electrons. The van der Waals surface area contributed by atoms with Gasteiger partial charge in [0.25, 0.3) is 0 Å². The van der Waals surface area contributed by atoms with Crippen molar-refractivity contribution in [3.63, 3.8) is 0 Å². The van der Waals surface area contributed by atoms with Crippen LogP contribution < -0.4 is 0 Å². The van der Waals surface area contributed by atoms with E-state index in [0.29, 0.717) is 19.4 Å². The first-order valence-electron chi connectivity index (χ1n) is 24.2. The zero-order valence-corrected chi connectivity index (χ0v) is 37.4. The first-order valence-corrected chi connectivity index (χ1v) is 24.2. The maximum absolute atomic E-state index is 12.7. The van der Waals surface area contributed by atoms with Crippen molar-refractivity contribution < 1.29 is 23.8 Å². The van der Waals surface area contributed by atoms with E-state index in [1.807, 2.05) is 0 Å². The molecule has 0 aromatic rings. The minimum atomic E-state index is -0.539. The van der Waals surface area contributed by atoms with E-state index in [-0.39, 0.29) is 25.2 Å². The summed E-state index contributed by atoms with van der Waals surface area (Å²) >= 11 is 0. The largest absolute Gasteiger partial charge is 0.462 e. The fourth-order valence-electron chi connectivity index (χ4n) is 6.80. The van der Waals surface area contributed by atoms with Gasteiger partial charge in [-0.1, -0.05) is 217 Å². The average molecular weight is 785 g/mol. The van der Waals surface area contributed by atoms with E-state index >= 15 is 0 Å². The van der Waals surface area contributed by atoms with Crippen LogP contribution in [0.4, 0.5) is 0 Å². The quantitative estimate of drug-likeness (QED) is 0.0350. The smallest absolute Gasteiger partial charge is 0.306 e. The van der Waals surface area contributed by atoms with Crippen molar-refractivity contribution in [3.8, 4) is 0 Å². The summed E-state index contributed by atoms with van der Waals surface area (Å²) in [5, 5.41) is 0. The highest BCUT2D eigenvalue weighted by Gasteiger charge is 2.17. The highest BCUT2D eigenvalue weighted by Crippen LogP contribution is 2.15. The summed E-state index contributed by atoms with van der Waals surface area (Å²) in [6.07, 6.45) is 56.8. The summed E-state index contributed by atoms with van der Waals surface area (Å²) in [5.74, 6) is -0.417. The first kappa shape index (κ1) is 53.9. The molecule has 0 saturated carbocycles. The average Bonchev–Trinajstić information content (AvgIpc) is 3.20. The van der Waals surface area contributed by atoms with Gasteiger partial charge in [-0.3, -0.25) is 9.59 Å². The third-order valence-corrected chi connectivity index (χ3v) is 10.4. The molecule has 0 aliphatic carbocycles. The molecule has 5 nitrogen and oxygen atoms in total. The molecule has 0 rings (SSSR count). The molecule has 0 saturated heterocycles. The van der Waals surface area contributed by atoms with Crippen molar-refractivity contribution in [2.45, 2.75) is 245 Å². The van der Waals surface area contributed by atoms with Crippen molar-refractivity contribution in [1.82, 2.24) is 0 Å². The number of carbonyl (C=O) groups excluding carboxylic acids is 2. The van der Waals surface area contributed by atoms with Gasteiger partial charge < -0.3 is 14.2 Å². The van der Waals surface area contributed by atoms with E-state index in [9.17, 15) is 9.59 Å². The van der Waals surface area contributed by atoms with E-state index in [1.165, 1.54) is 122 Å². The minimum absolute atomic E-state index is 0.0761. The Morgan fingerprint density at radius 2 is 0.804 bits per heavy atom. The van der Waals surface area contributed by atoms with Crippen molar-refractivity contribution in [2.75, 3.05) is 19.8 Å². The normalized spacial score (nSPS) is 12.6. The second kappa shape index (κ2) is 47.2. The highest BCUT2D eigenvalue weighted by molar-refractivity contribution is 5.70. The fraction of sp³-hybridized carbons (Fsp3) is 0.804. The van der Waals surface area contributed by atoms with Crippen LogP contribution in [0.5, 0.6) is 0 Å². The lowest BCUT2D eigenvalue weighted by molar-refractivity contribution is -0.163. The molecule has 0 bridgehead atoms. The lowest BCUT2D eigenvalue weighted by Crippen LogP contribution is -2.30. The fourth-order valence-corrected chi connectivity index (χ4v) is 6.80. The van der Waals surface area contributed by atoms with Crippen LogP contribution in [-0.4, -0.2) is 37.9 Å². The van der Waals surface area contributed by atoms with Gasteiger partial charge in [-0.15, -0.1) is 0 Å². The predicted octanol–water partition coefficient (Wildman–Crippen LogP) is 16.0. The summed E-state index contributed by atoms with van der Waals surface area (Å²) in [6.45, 7) is 7.70. The number of hydrogen-bond donors (Lipinski definition) is 0. The Morgan fingerprint density at radius 1 is 0.411 bits per heavy atom. The molecule has 5 heteroatoms. The van der Waals surface area contributed by atoms with Crippen LogP contribution in [0.1, 0.15) is 239 Å². The number of carbonyl (C=O) groups is 2. The summed E-state index contributed by atoms with van der Waals surface area (Å²) in [4.78, 5) is 25.3. The predicted molar refractivity (Wildman–Crippen MR) is 242 cm³/mol. The molecule has 0 spiro atoms. The van der Waals surface area contributed by atoms with Crippen molar-refractivity contribution >= 4 is 11.9 Å². The second-order valence-corrected chi connectivity index (χ2v) is 16.0. The van der Waals surface area contributed by atoms with Gasteiger partial charge >= 0.3 is 11.9 Å². The molecule has 0 N–H and O–H groups in total. The Balaban J connectivity index is 4.20. The number of allylic oxidation sites excluding steroid dienone is 8. The number of unbranched alkanes of at least 4 members (excludes halogenated alkanes) is 25. The SMILES string of the molecule is CC/C=C\C/C=C\C/C=C\C/C=C\CCCCCCC(=O)OCC(COCCCCCCCCCC)OC(=O)CCCCCCCCCCCCCCCCC. The summed E-state index contributed by atoms with van der Waals surface area (Å²) in [6, 6.07) is 0. The van der Waals surface area contributed by atoms with Gasteiger partial charge in [0, 0.05) is 19.4 Å². The summed E-state index contributed by atoms with van der Waals surface area (Å²) < 4.78 is 17.3. The zero-order chi connectivity index (χ0) is 40.7. The third kappa shape index (κ3) is 44.6. The van der Waals surface area contributed by atoms with Crippen LogP contribution in [0.15, 0.2) is 48.6 Å². The third-order valence-electron chi connectivity index (χ3n) is 10.4. The summed E-state index contributed by atoms with van der Waals surface area (Å²) in [7, 11) is 0. The Bertz CT molecular complexity index is 935. The van der Waals surface area contributed by atoms with Gasteiger partial charge in [-0.05, 0) is 57.8 Å². The lowest BCUT2D eigenvalue weighted by atomic mass is 10.0. The Morgan fingerprint density at radius 3 is 1.29 bits per heavy atom. The van der Waals surface area contributed by atoms with Crippen molar-refractivity contribution in [1.29, 1.82) is 0 Å². The molecule has 0 aromatic heterocycles. The molecule has 326 valence electrons. The number of esters is 2. The van der Waals surface area contributed by atoms with Crippen LogP contribution in [-0.2, 0) is 23.8 Å². The van der Waals surface area contributed by atoms with Gasteiger partial charge in [0.1, 0.15) is 6.61 Å². The number of hydrogen-bond acceptors (Lipinski definition) is 5. The van der Waals surface area contributed by atoms with Gasteiger partial charge in [0.15, 0.2) is 6.10 Å². The summed E-state index contributed by atoms with van der Waals surface area (Å²) in [5.41, 5.74) is 0. The molecule has 56 heavy (non-hydrogen) atoms. The van der Waals surface area contributed by atoms with E-state index in [0.717, 1.165) is 83.5 Å². The number of ether oxygens (including phenoxy) is 3. The second-order valence-electron chi connectivity index (χ2n) is 16.0. The van der Waals surface area contributed by atoms with E-state index in [2.05, 4.69) is 69.4 Å². The molecular formula is C51H92O5. The first-order chi connectivity index (χ1) is 27.6. The van der Waals surface area contributed by atoms with Crippen LogP contribution in [0.3, 0.4) is 0 Å². The zero-order valence-electron chi connectivity index (χ0n) is 37.4. The van der Waals surface area contributed by atoms with Gasteiger partial charge in [0.2, 0.25) is 0 Å². The molecular weight excluding hydrogens is 693 g/mol. The van der Waals surface area contributed by atoms with Crippen molar-refractivity contribution in [3.05, 3.63) is 48.6 Å². The Hall–Kier alpha value is -2.14. The molecule has 1 atom stereocenters. The van der Waals surface area contributed by atoms with E-state index in [1.54, 1.807) is 0 Å². The highest BCUT2D eigenvalue weighted by atomic mass is 16.6. The van der Waals surface area contributed by atoms with Gasteiger partial charge in [0.05, 0.1) is 6.61 Å². The topological polar surface area (TPSA) is 61.8 Å². The standard InChI is InChI=1S/C51H92O5/c1-4-7-10-13-16-19-21-23-25-26-28-29-31-33-35-38-41-44-50(52)55-48-49(47-54-46-43-40-37-18-15-12-9-6-3)56-51(53)45-42-39-36-34-32-30-27-24-22-20-17-14-11-8-5-2/h7,10,16,19,23,25,28-29,49H,4-6,8-9,11-15,17-18,20-22,24,26-27,30-48H2,1-3H3/b10-7-,19-16-,25-23-,29-28-. The van der Waals surface area contributed by atoms with Crippen LogP contribution >= 0.6 is 0 Å². The van der Waals surface area contributed by atoms with Crippen LogP contribution in [0.2, 0.25) is 0 Å². The molecule has 0 amide bonds. The monoisotopic (exact) mass is 785 g/mol. The lowest BCUT2D eigenvalue weighted by Gasteiger charge is -2.18. The molecule has 0 aliphatic rings. The van der Waals surface area contributed by atoms with Crippen LogP contribution in [0.25, 0.3) is 0 Å². The van der Waals surface area contributed by atoms with Gasteiger partial charge in [-0.2, -0.15) is 0 Å². The molecule has 0 aliphatic heterocycles. The molecule has 0 fully saturated rings. The Labute approximate surface area is 348 Å². The van der Waals surface area contributed by atoms with Gasteiger partial charge in [-0.25, -0.2) is 0 Å². The van der Waals surface area contributed by atoms with Crippen molar-refractivity contribution in [2.24, 2.45) is 0 Å². The minimum Gasteiger partial charge on any atom is -0.462 e. The maximum atomic E-state index is 12.7. The van der Waals surface area contributed by atoms with E-state index < -0.39 is 6.10 Å². The Kier molecular flexibility index (Phi) is 45.4.